The number of likely N-dealkylation sites (tertiary alicyclic amines) is 1. The molecule has 0 aliphatic carbocycles. The third kappa shape index (κ3) is 4.83. The Kier molecular flexibility index (Phi) is 5.86. The van der Waals surface area contributed by atoms with Crippen LogP contribution in [-0.4, -0.2) is 62.1 Å². The Morgan fingerprint density at radius 3 is 2.83 bits per heavy atom. The number of carbonyl (C=O) groups excluding carboxylic acids is 3. The SMILES string of the molecule is CC(C)(C)OC(=O)Nc1nn2cccnc2c1C(=O)NC1CCN(C(=O)CC#N)C1. The van der Waals surface area contributed by atoms with Gasteiger partial charge < -0.3 is 15.0 Å². The van der Waals surface area contributed by atoms with E-state index in [2.05, 4.69) is 20.7 Å². The molecule has 3 amide bonds. The number of nitriles is 1. The van der Waals surface area contributed by atoms with Crippen molar-refractivity contribution in [2.75, 3.05) is 18.4 Å². The van der Waals surface area contributed by atoms with Crippen LogP contribution < -0.4 is 10.6 Å². The minimum atomic E-state index is -0.742. The van der Waals surface area contributed by atoms with Crippen LogP contribution in [0.5, 0.6) is 0 Å². The molecule has 3 rings (SSSR count). The van der Waals surface area contributed by atoms with Crippen LogP contribution in [0.25, 0.3) is 5.65 Å². The molecule has 0 saturated carbocycles. The predicted octanol–water partition coefficient (Wildman–Crippen LogP) is 1.32. The molecule has 2 aromatic heterocycles. The molecule has 1 atom stereocenters. The number of aromatic nitrogens is 3. The van der Waals surface area contributed by atoms with Gasteiger partial charge in [0.25, 0.3) is 5.91 Å². The summed E-state index contributed by atoms with van der Waals surface area (Å²) in [6.07, 6.45) is 2.75. The fourth-order valence-corrected chi connectivity index (χ4v) is 3.13. The number of hydrogen-bond acceptors (Lipinski definition) is 7. The Bertz CT molecular complexity index is 1020. The molecule has 0 aromatic carbocycles. The van der Waals surface area contributed by atoms with Crippen LogP contribution in [-0.2, 0) is 9.53 Å². The quantitative estimate of drug-likeness (QED) is 0.770. The number of carbonyl (C=O) groups is 3. The fourth-order valence-electron chi connectivity index (χ4n) is 3.13. The largest absolute Gasteiger partial charge is 0.444 e. The van der Waals surface area contributed by atoms with E-state index in [1.165, 1.54) is 10.7 Å². The summed E-state index contributed by atoms with van der Waals surface area (Å²) in [5.74, 6) is -0.718. The van der Waals surface area contributed by atoms with Gasteiger partial charge in [-0.05, 0) is 33.3 Å². The average Bonchev–Trinajstić information content (AvgIpc) is 3.24. The van der Waals surface area contributed by atoms with Gasteiger partial charge in [0, 0.05) is 31.5 Å². The van der Waals surface area contributed by atoms with E-state index in [9.17, 15) is 14.4 Å². The van der Waals surface area contributed by atoms with E-state index < -0.39 is 17.6 Å². The summed E-state index contributed by atoms with van der Waals surface area (Å²) < 4.78 is 6.64. The minimum Gasteiger partial charge on any atom is -0.444 e. The van der Waals surface area contributed by atoms with E-state index in [0.717, 1.165) is 0 Å². The zero-order valence-corrected chi connectivity index (χ0v) is 17.0. The van der Waals surface area contributed by atoms with Crippen LogP contribution >= 0.6 is 0 Å². The third-order valence-electron chi connectivity index (χ3n) is 4.35. The lowest BCUT2D eigenvalue weighted by molar-refractivity contribution is -0.129. The maximum absolute atomic E-state index is 13.0. The number of nitrogens with zero attached hydrogens (tertiary/aromatic N) is 5. The molecule has 0 radical (unpaired) electrons. The van der Waals surface area contributed by atoms with Gasteiger partial charge in [0.15, 0.2) is 11.5 Å². The molecule has 0 spiro atoms. The average molecular weight is 413 g/mol. The Hall–Kier alpha value is -3.68. The highest BCUT2D eigenvalue weighted by molar-refractivity contribution is 6.07. The van der Waals surface area contributed by atoms with E-state index in [-0.39, 0.29) is 35.4 Å². The molecule has 158 valence electrons. The second-order valence-corrected chi connectivity index (χ2v) is 7.87. The maximum atomic E-state index is 13.0. The maximum Gasteiger partial charge on any atom is 0.413 e. The molecule has 1 saturated heterocycles. The molecule has 1 aliphatic rings. The summed E-state index contributed by atoms with van der Waals surface area (Å²) in [6, 6.07) is 3.20. The third-order valence-corrected chi connectivity index (χ3v) is 4.35. The molecular weight excluding hydrogens is 390 g/mol. The van der Waals surface area contributed by atoms with Crippen molar-refractivity contribution in [3.63, 3.8) is 0 Å². The first-order chi connectivity index (χ1) is 14.2. The molecule has 3 heterocycles. The van der Waals surface area contributed by atoms with Crippen molar-refractivity contribution in [2.24, 2.45) is 0 Å². The molecule has 2 N–H and O–H groups in total. The Morgan fingerprint density at radius 1 is 1.37 bits per heavy atom. The van der Waals surface area contributed by atoms with Gasteiger partial charge in [-0.25, -0.2) is 14.3 Å². The Morgan fingerprint density at radius 2 is 2.13 bits per heavy atom. The van der Waals surface area contributed by atoms with E-state index in [1.807, 2.05) is 6.07 Å². The first-order valence-corrected chi connectivity index (χ1v) is 9.47. The fraction of sp³-hybridized carbons (Fsp3) is 0.474. The van der Waals surface area contributed by atoms with E-state index in [4.69, 9.17) is 10.00 Å². The van der Waals surface area contributed by atoms with Crippen LogP contribution in [0.4, 0.5) is 10.6 Å². The van der Waals surface area contributed by atoms with Crippen molar-refractivity contribution in [3.8, 4) is 6.07 Å². The zero-order chi connectivity index (χ0) is 21.9. The number of anilines is 1. The van der Waals surface area contributed by atoms with Gasteiger partial charge in [-0.1, -0.05) is 0 Å². The predicted molar refractivity (Wildman–Crippen MR) is 106 cm³/mol. The number of nitrogens with one attached hydrogen (secondary N) is 2. The summed E-state index contributed by atoms with van der Waals surface area (Å²) in [4.78, 5) is 42.8. The minimum absolute atomic E-state index is 0.0239. The molecule has 2 aromatic rings. The van der Waals surface area contributed by atoms with Gasteiger partial charge >= 0.3 is 6.09 Å². The molecule has 11 nitrogen and oxygen atoms in total. The molecule has 1 unspecified atom stereocenters. The van der Waals surface area contributed by atoms with Gasteiger partial charge in [0.2, 0.25) is 5.91 Å². The number of amides is 3. The van der Waals surface area contributed by atoms with Gasteiger partial charge in [-0.3, -0.25) is 14.9 Å². The van der Waals surface area contributed by atoms with Crippen molar-refractivity contribution < 1.29 is 19.1 Å². The molecule has 30 heavy (non-hydrogen) atoms. The second kappa shape index (κ2) is 8.36. The first-order valence-electron chi connectivity index (χ1n) is 9.47. The van der Waals surface area contributed by atoms with Crippen LogP contribution in [0, 0.1) is 11.3 Å². The van der Waals surface area contributed by atoms with E-state index >= 15 is 0 Å². The van der Waals surface area contributed by atoms with Crippen molar-refractivity contribution in [1.82, 2.24) is 24.8 Å². The van der Waals surface area contributed by atoms with Crippen LogP contribution in [0.2, 0.25) is 0 Å². The van der Waals surface area contributed by atoms with Crippen LogP contribution in [0.1, 0.15) is 44.0 Å². The topological polar surface area (TPSA) is 142 Å². The lowest BCUT2D eigenvalue weighted by Crippen LogP contribution is -2.38. The van der Waals surface area contributed by atoms with Gasteiger partial charge in [0.1, 0.15) is 17.6 Å². The molecule has 0 bridgehead atoms. The number of hydrogen-bond donors (Lipinski definition) is 2. The monoisotopic (exact) mass is 413 g/mol. The lowest BCUT2D eigenvalue weighted by atomic mass is 10.2. The lowest BCUT2D eigenvalue weighted by Gasteiger charge is -2.19. The smallest absolute Gasteiger partial charge is 0.413 e. The summed E-state index contributed by atoms with van der Waals surface area (Å²) in [5.41, 5.74) is -0.340. The van der Waals surface area contributed by atoms with Crippen molar-refractivity contribution in [2.45, 2.75) is 45.3 Å². The van der Waals surface area contributed by atoms with Gasteiger partial charge in [0.05, 0.1) is 6.07 Å². The summed E-state index contributed by atoms with van der Waals surface area (Å²) >= 11 is 0. The standard InChI is InChI=1S/C19H23N7O4/c1-19(2,3)30-18(29)23-15-14(16-21-8-4-9-26(16)24-15)17(28)22-12-6-10-25(11-12)13(27)5-7-20/h4,8-9,12H,5-6,10-11H2,1-3H3,(H,22,28)(H,23,24,29). The summed E-state index contributed by atoms with van der Waals surface area (Å²) in [6.45, 7) is 5.95. The highest BCUT2D eigenvalue weighted by Gasteiger charge is 2.30. The van der Waals surface area contributed by atoms with Crippen LogP contribution in [0.3, 0.4) is 0 Å². The number of rotatable bonds is 4. The molecule has 11 heteroatoms. The zero-order valence-electron chi connectivity index (χ0n) is 17.0. The van der Waals surface area contributed by atoms with E-state index in [0.29, 0.717) is 19.5 Å². The van der Waals surface area contributed by atoms with Gasteiger partial charge in [-0.15, -0.1) is 5.10 Å². The second-order valence-electron chi connectivity index (χ2n) is 7.87. The highest BCUT2D eigenvalue weighted by atomic mass is 16.6. The summed E-state index contributed by atoms with van der Waals surface area (Å²) in [7, 11) is 0. The Balaban J connectivity index is 1.79. The number of ether oxygens (including phenoxy) is 1. The normalized spacial score (nSPS) is 16.2. The summed E-state index contributed by atoms with van der Waals surface area (Å²) in [5, 5.41) is 18.3. The molecular formula is C19H23N7O4. The van der Waals surface area contributed by atoms with Crippen molar-refractivity contribution in [3.05, 3.63) is 24.0 Å². The first kappa shape index (κ1) is 21.0. The van der Waals surface area contributed by atoms with Crippen molar-refractivity contribution in [1.29, 1.82) is 5.26 Å². The molecule has 1 fully saturated rings. The number of fused-ring (bicyclic) bond motifs is 1. The highest BCUT2D eigenvalue weighted by Crippen LogP contribution is 2.21. The van der Waals surface area contributed by atoms with Crippen molar-refractivity contribution >= 4 is 29.4 Å². The Labute approximate surface area is 173 Å². The van der Waals surface area contributed by atoms with Gasteiger partial charge in [-0.2, -0.15) is 5.26 Å². The van der Waals surface area contributed by atoms with E-state index in [1.54, 1.807) is 37.9 Å². The molecule has 1 aliphatic heterocycles. The van der Waals surface area contributed by atoms with Crippen LogP contribution in [0.15, 0.2) is 18.5 Å².